The van der Waals surface area contributed by atoms with Crippen LogP contribution in [0.15, 0.2) is 18.2 Å². The highest BCUT2D eigenvalue weighted by Gasteiger charge is 2.04. The molecule has 0 N–H and O–H groups in total. The van der Waals surface area contributed by atoms with E-state index < -0.39 is 0 Å². The lowest BCUT2D eigenvalue weighted by atomic mass is 10.2. The first-order valence-electron chi connectivity index (χ1n) is 4.26. The van der Waals surface area contributed by atoms with Crippen molar-refractivity contribution >= 4 is 0 Å². The molecule has 2 rings (SSSR count). The summed E-state index contributed by atoms with van der Waals surface area (Å²) >= 11 is 0. The van der Waals surface area contributed by atoms with Gasteiger partial charge < -0.3 is 14.6 Å². The molecule has 1 aromatic heterocycles. The summed E-state index contributed by atoms with van der Waals surface area (Å²) in [6, 6.07) is 5.38. The molecular formula is C9H9N4O2-. The van der Waals surface area contributed by atoms with Gasteiger partial charge in [0, 0.05) is 5.82 Å². The molecule has 6 heteroatoms. The molecule has 0 aliphatic rings. The Balaban J connectivity index is 2.43. The topological polar surface area (TPSA) is 71.2 Å². The van der Waals surface area contributed by atoms with Crippen molar-refractivity contribution in [3.63, 3.8) is 0 Å². The van der Waals surface area contributed by atoms with E-state index in [1.807, 2.05) is 6.07 Å². The minimum Gasteiger partial charge on any atom is -0.493 e. The number of ether oxygens (including phenoxy) is 2. The number of nitrogens with zero attached hydrogens (tertiary/aromatic N) is 4. The van der Waals surface area contributed by atoms with Gasteiger partial charge in [-0.15, -0.1) is 0 Å². The summed E-state index contributed by atoms with van der Waals surface area (Å²) in [5, 5.41) is 14.3. The summed E-state index contributed by atoms with van der Waals surface area (Å²) in [4.78, 5) is 0. The Morgan fingerprint density at radius 2 is 1.93 bits per heavy atom. The van der Waals surface area contributed by atoms with Crippen LogP contribution in [0.2, 0.25) is 0 Å². The molecule has 1 heterocycles. The molecule has 0 amide bonds. The second-order valence-corrected chi connectivity index (χ2v) is 2.77. The number of methoxy groups -OCH3 is 2. The Morgan fingerprint density at radius 3 is 2.53 bits per heavy atom. The molecule has 1 aromatic carbocycles. The highest BCUT2D eigenvalue weighted by molar-refractivity contribution is 5.60. The second-order valence-electron chi connectivity index (χ2n) is 2.77. The quantitative estimate of drug-likeness (QED) is 0.727. The van der Waals surface area contributed by atoms with Crippen molar-refractivity contribution in [2.24, 2.45) is 0 Å². The van der Waals surface area contributed by atoms with E-state index in [2.05, 4.69) is 20.6 Å². The van der Waals surface area contributed by atoms with E-state index in [4.69, 9.17) is 9.47 Å². The third kappa shape index (κ3) is 1.74. The van der Waals surface area contributed by atoms with Crippen LogP contribution in [-0.4, -0.2) is 29.7 Å². The molecule has 0 spiro atoms. The Labute approximate surface area is 86.2 Å². The van der Waals surface area contributed by atoms with Crippen molar-refractivity contribution in [3.05, 3.63) is 18.2 Å². The molecule has 0 aliphatic carbocycles. The van der Waals surface area contributed by atoms with Gasteiger partial charge in [0.25, 0.3) is 0 Å². The van der Waals surface area contributed by atoms with Gasteiger partial charge in [0.15, 0.2) is 11.5 Å². The van der Waals surface area contributed by atoms with Crippen LogP contribution < -0.4 is 14.6 Å². The number of benzene rings is 1. The van der Waals surface area contributed by atoms with Crippen LogP contribution in [-0.2, 0) is 0 Å². The summed E-state index contributed by atoms with van der Waals surface area (Å²) < 4.78 is 10.3. The van der Waals surface area contributed by atoms with Crippen LogP contribution >= 0.6 is 0 Å². The predicted molar refractivity (Wildman–Crippen MR) is 51.7 cm³/mol. The van der Waals surface area contributed by atoms with Crippen molar-refractivity contribution in [2.45, 2.75) is 0 Å². The van der Waals surface area contributed by atoms with Gasteiger partial charge in [-0.2, -0.15) is 5.21 Å². The molecule has 6 nitrogen and oxygen atoms in total. The van der Waals surface area contributed by atoms with E-state index in [1.165, 1.54) is 0 Å². The standard InChI is InChI=1S/C9H9N4O2/c1-14-7-4-3-6(5-8(7)15-2)9-10-12-13-11-9/h3-5H,1-2H3/q-1. The Kier molecular flexibility index (Phi) is 2.49. The van der Waals surface area contributed by atoms with Crippen LogP contribution in [0.25, 0.3) is 11.4 Å². The van der Waals surface area contributed by atoms with E-state index in [9.17, 15) is 0 Å². The summed E-state index contributed by atoms with van der Waals surface area (Å²) in [5.41, 5.74) is 0.789. The molecule has 0 fully saturated rings. The third-order valence-corrected chi connectivity index (χ3v) is 1.96. The van der Waals surface area contributed by atoms with Crippen molar-refractivity contribution in [1.82, 2.24) is 20.6 Å². The molecule has 2 aromatic rings. The minimum atomic E-state index is 0.468. The number of rotatable bonds is 3. The average molecular weight is 205 g/mol. The zero-order chi connectivity index (χ0) is 10.7. The maximum atomic E-state index is 5.15. The molecule has 0 radical (unpaired) electrons. The fourth-order valence-electron chi connectivity index (χ4n) is 1.24. The molecule has 0 atom stereocenters. The fraction of sp³-hybridized carbons (Fsp3) is 0.222. The number of tetrazole rings is 1. The Hall–Kier alpha value is -2.11. The first-order valence-corrected chi connectivity index (χ1v) is 4.26. The lowest BCUT2D eigenvalue weighted by Crippen LogP contribution is -1.91. The molecule has 0 aliphatic heterocycles. The lowest BCUT2D eigenvalue weighted by Gasteiger charge is -2.09. The normalized spacial score (nSPS) is 10.0. The van der Waals surface area contributed by atoms with Crippen LogP contribution in [0.4, 0.5) is 0 Å². The average Bonchev–Trinajstić information content (AvgIpc) is 2.81. The van der Waals surface area contributed by atoms with Crippen LogP contribution in [0.3, 0.4) is 0 Å². The summed E-state index contributed by atoms with van der Waals surface area (Å²) in [6.07, 6.45) is 0. The van der Waals surface area contributed by atoms with Crippen LogP contribution in [0.5, 0.6) is 11.5 Å². The monoisotopic (exact) mass is 205 g/mol. The third-order valence-electron chi connectivity index (χ3n) is 1.96. The number of hydrogen-bond acceptors (Lipinski definition) is 5. The maximum absolute atomic E-state index is 5.15. The maximum Gasteiger partial charge on any atom is 0.161 e. The predicted octanol–water partition coefficient (Wildman–Crippen LogP) is 0.513. The fourth-order valence-corrected chi connectivity index (χ4v) is 1.24. The van der Waals surface area contributed by atoms with E-state index in [1.54, 1.807) is 26.4 Å². The lowest BCUT2D eigenvalue weighted by molar-refractivity contribution is 0.355. The summed E-state index contributed by atoms with van der Waals surface area (Å²) in [7, 11) is 3.16. The number of aromatic nitrogens is 4. The van der Waals surface area contributed by atoms with Gasteiger partial charge >= 0.3 is 0 Å². The first kappa shape index (κ1) is 9.45. The van der Waals surface area contributed by atoms with Gasteiger partial charge in [-0.05, 0) is 23.8 Å². The molecule has 78 valence electrons. The van der Waals surface area contributed by atoms with Crippen molar-refractivity contribution < 1.29 is 9.47 Å². The molecule has 0 saturated carbocycles. The molecule has 15 heavy (non-hydrogen) atoms. The zero-order valence-corrected chi connectivity index (χ0v) is 8.34. The second kappa shape index (κ2) is 3.95. The van der Waals surface area contributed by atoms with Crippen molar-refractivity contribution in [2.75, 3.05) is 14.2 Å². The zero-order valence-electron chi connectivity index (χ0n) is 8.34. The molecule has 0 saturated heterocycles. The Morgan fingerprint density at radius 1 is 1.13 bits per heavy atom. The summed E-state index contributed by atoms with van der Waals surface area (Å²) in [5.74, 6) is 1.75. The number of hydrogen-bond donors (Lipinski definition) is 0. The van der Waals surface area contributed by atoms with Gasteiger partial charge in [-0.1, -0.05) is 0 Å². The van der Waals surface area contributed by atoms with Crippen LogP contribution in [0, 0.1) is 0 Å². The molecular weight excluding hydrogens is 196 g/mol. The van der Waals surface area contributed by atoms with Crippen molar-refractivity contribution in [1.29, 1.82) is 0 Å². The minimum absolute atomic E-state index is 0.468. The highest BCUT2D eigenvalue weighted by Crippen LogP contribution is 2.30. The van der Waals surface area contributed by atoms with Crippen molar-refractivity contribution in [3.8, 4) is 22.9 Å². The Bertz CT molecular complexity index is 441. The van der Waals surface area contributed by atoms with E-state index >= 15 is 0 Å². The van der Waals surface area contributed by atoms with Gasteiger partial charge in [-0.3, -0.25) is 10.3 Å². The SMILES string of the molecule is COc1ccc(-c2nnn[n-]2)cc1OC. The van der Waals surface area contributed by atoms with Gasteiger partial charge in [0.05, 0.1) is 14.2 Å². The largest absolute Gasteiger partial charge is 0.493 e. The van der Waals surface area contributed by atoms with Gasteiger partial charge in [0.1, 0.15) is 0 Å². The highest BCUT2D eigenvalue weighted by atomic mass is 16.5. The van der Waals surface area contributed by atoms with Gasteiger partial charge in [-0.25, -0.2) is 0 Å². The summed E-state index contributed by atoms with van der Waals surface area (Å²) in [6.45, 7) is 0. The van der Waals surface area contributed by atoms with E-state index in [0.717, 1.165) is 5.56 Å². The molecule has 0 unspecified atom stereocenters. The van der Waals surface area contributed by atoms with E-state index in [0.29, 0.717) is 17.3 Å². The smallest absolute Gasteiger partial charge is 0.161 e. The molecule has 0 bridgehead atoms. The van der Waals surface area contributed by atoms with Crippen LogP contribution in [0.1, 0.15) is 0 Å². The van der Waals surface area contributed by atoms with Gasteiger partial charge in [0.2, 0.25) is 0 Å². The van der Waals surface area contributed by atoms with E-state index in [-0.39, 0.29) is 0 Å². The first-order chi connectivity index (χ1) is 7.35.